The number of nitrogens with one attached hydrogen (secondary N) is 1. The van der Waals surface area contributed by atoms with E-state index in [2.05, 4.69) is 50.4 Å². The number of rotatable bonds is 8. The molecule has 2 aliphatic heterocycles. The highest BCUT2D eigenvalue weighted by molar-refractivity contribution is 9.10. The second-order valence-corrected chi connectivity index (χ2v) is 9.74. The van der Waals surface area contributed by atoms with Crippen molar-refractivity contribution in [3.63, 3.8) is 0 Å². The minimum absolute atomic E-state index is 0.146. The number of halogens is 1. The Morgan fingerprint density at radius 3 is 3.10 bits per heavy atom. The minimum Gasteiger partial charge on any atom is -0.469 e. The van der Waals surface area contributed by atoms with E-state index in [1.54, 1.807) is 0 Å². The lowest BCUT2D eigenvalue weighted by molar-refractivity contribution is -0.141. The van der Waals surface area contributed by atoms with Crippen molar-refractivity contribution in [2.45, 2.75) is 44.4 Å². The fourth-order valence-electron chi connectivity index (χ4n) is 4.82. The molecule has 1 aromatic heterocycles. The summed E-state index contributed by atoms with van der Waals surface area (Å²) in [6, 6.07) is 12.8. The molecule has 5 nitrogen and oxygen atoms in total. The number of likely N-dealkylation sites (tertiary alicyclic amines) is 1. The maximum absolute atomic E-state index is 12.0. The number of hydrogen-bond donors (Lipinski definition) is 1. The largest absolute Gasteiger partial charge is 0.469 e. The van der Waals surface area contributed by atoms with Crippen LogP contribution in [0.5, 0.6) is 0 Å². The molecular weight excluding hydrogens is 454 g/mol. The van der Waals surface area contributed by atoms with E-state index in [0.717, 1.165) is 49.3 Å². The number of carbonyl (C=O) groups is 1. The van der Waals surface area contributed by atoms with Gasteiger partial charge in [0.25, 0.3) is 0 Å². The number of benzene rings is 1. The van der Waals surface area contributed by atoms with Crippen LogP contribution in [-0.4, -0.2) is 49.1 Å². The Bertz CT molecular complexity index is 904. The van der Waals surface area contributed by atoms with Crippen molar-refractivity contribution in [1.82, 2.24) is 9.88 Å². The summed E-state index contributed by atoms with van der Waals surface area (Å²) < 4.78 is 6.01. The zero-order valence-corrected chi connectivity index (χ0v) is 19.9. The minimum atomic E-state index is -0.146. The normalized spacial score (nSPS) is 19.5. The Morgan fingerprint density at radius 2 is 2.26 bits per heavy atom. The molecule has 0 unspecified atom stereocenters. The van der Waals surface area contributed by atoms with Crippen molar-refractivity contribution in [3.05, 3.63) is 57.7 Å². The van der Waals surface area contributed by atoms with Gasteiger partial charge in [0.05, 0.1) is 13.5 Å². The molecule has 0 spiro atoms. The van der Waals surface area contributed by atoms with Crippen LogP contribution in [0, 0.1) is 5.92 Å². The molecule has 4 rings (SSSR count). The lowest BCUT2D eigenvalue weighted by Crippen LogP contribution is -2.28. The maximum atomic E-state index is 12.0. The lowest BCUT2D eigenvalue weighted by atomic mass is 9.95. The van der Waals surface area contributed by atoms with Crippen LogP contribution in [0.3, 0.4) is 0 Å². The lowest BCUT2D eigenvalue weighted by Gasteiger charge is -2.24. The van der Waals surface area contributed by atoms with Crippen molar-refractivity contribution in [1.29, 1.82) is 0 Å². The molecule has 31 heavy (non-hydrogen) atoms. The third kappa shape index (κ3) is 6.07. The molecule has 1 saturated heterocycles. The summed E-state index contributed by atoms with van der Waals surface area (Å²) in [6.45, 7) is 4.11. The van der Waals surface area contributed by atoms with Crippen molar-refractivity contribution in [3.8, 4) is 0 Å². The smallest absolute Gasteiger partial charge is 0.306 e. The number of esters is 1. The predicted molar refractivity (Wildman–Crippen MR) is 127 cm³/mol. The quantitative estimate of drug-likeness (QED) is 0.544. The van der Waals surface area contributed by atoms with E-state index >= 15 is 0 Å². The zero-order chi connectivity index (χ0) is 21.6. The van der Waals surface area contributed by atoms with Crippen LogP contribution in [0.15, 0.2) is 40.9 Å². The fourth-order valence-corrected chi connectivity index (χ4v) is 5.24. The van der Waals surface area contributed by atoms with Crippen LogP contribution in [0.25, 0.3) is 0 Å². The molecule has 166 valence electrons. The van der Waals surface area contributed by atoms with E-state index in [1.165, 1.54) is 43.2 Å². The maximum Gasteiger partial charge on any atom is 0.306 e. The van der Waals surface area contributed by atoms with Crippen molar-refractivity contribution < 1.29 is 9.53 Å². The van der Waals surface area contributed by atoms with Crippen LogP contribution >= 0.6 is 15.9 Å². The first-order valence-corrected chi connectivity index (χ1v) is 12.2. The highest BCUT2D eigenvalue weighted by atomic mass is 79.9. The third-order valence-corrected chi connectivity index (χ3v) is 7.06. The van der Waals surface area contributed by atoms with Crippen molar-refractivity contribution in [2.24, 2.45) is 5.92 Å². The Kier molecular flexibility index (Phi) is 7.62. The number of ether oxygens (including phenoxy) is 1. The van der Waals surface area contributed by atoms with Gasteiger partial charge in [-0.25, -0.2) is 4.98 Å². The van der Waals surface area contributed by atoms with Gasteiger partial charge in [-0.15, -0.1) is 0 Å². The summed E-state index contributed by atoms with van der Waals surface area (Å²) in [5.74, 6) is 1.79. The number of pyridine rings is 1. The van der Waals surface area contributed by atoms with Gasteiger partial charge >= 0.3 is 5.97 Å². The van der Waals surface area contributed by atoms with Crippen molar-refractivity contribution in [2.75, 3.05) is 38.6 Å². The highest BCUT2D eigenvalue weighted by Crippen LogP contribution is 2.29. The topological polar surface area (TPSA) is 54.5 Å². The first-order valence-electron chi connectivity index (χ1n) is 11.4. The molecule has 2 aromatic rings. The van der Waals surface area contributed by atoms with Gasteiger partial charge in [0, 0.05) is 35.7 Å². The summed E-state index contributed by atoms with van der Waals surface area (Å²) in [4.78, 5) is 19.4. The number of aromatic nitrogens is 1. The SMILES string of the molecule is COC(=O)C[C@@H](CN1CC[C@@H](CCc2ccc3c(n2)NCCC3)C1)c1cccc(Br)c1. The summed E-state index contributed by atoms with van der Waals surface area (Å²) in [5.41, 5.74) is 3.74. The molecule has 2 aliphatic rings. The van der Waals surface area contributed by atoms with Gasteiger partial charge in [-0.2, -0.15) is 0 Å². The molecule has 2 atom stereocenters. The van der Waals surface area contributed by atoms with Crippen LogP contribution in [0.2, 0.25) is 0 Å². The molecule has 1 aromatic carbocycles. The van der Waals surface area contributed by atoms with Crippen molar-refractivity contribution >= 4 is 27.7 Å². The summed E-state index contributed by atoms with van der Waals surface area (Å²) in [6.07, 6.45) is 6.17. The monoisotopic (exact) mass is 485 g/mol. The third-order valence-electron chi connectivity index (χ3n) is 6.57. The molecule has 1 fully saturated rings. The van der Waals surface area contributed by atoms with E-state index in [0.29, 0.717) is 12.3 Å². The standard InChI is InChI=1S/C25H32BrN3O2/c1-31-24(30)15-21(20-4-2-6-22(26)14-20)17-29-13-11-18(16-29)7-9-23-10-8-19-5-3-12-27-25(19)28-23/h2,4,6,8,10,14,18,21H,3,5,7,9,11-13,15-17H2,1H3,(H,27,28)/t18-,21+/m1/s1. The molecule has 6 heteroatoms. The van der Waals surface area contributed by atoms with Crippen LogP contribution in [0.1, 0.15) is 48.4 Å². The van der Waals surface area contributed by atoms with Crippen LogP contribution in [-0.2, 0) is 22.4 Å². The number of methoxy groups -OCH3 is 1. The second-order valence-electron chi connectivity index (χ2n) is 8.83. The molecular formula is C25H32BrN3O2. The molecule has 0 saturated carbocycles. The average Bonchev–Trinajstić information content (AvgIpc) is 3.24. The molecule has 1 N–H and O–H groups in total. The Hall–Kier alpha value is -1.92. The molecule has 3 heterocycles. The van der Waals surface area contributed by atoms with E-state index in [4.69, 9.17) is 9.72 Å². The van der Waals surface area contributed by atoms with E-state index in [1.807, 2.05) is 12.1 Å². The molecule has 0 amide bonds. The predicted octanol–water partition coefficient (Wildman–Crippen LogP) is 4.80. The first-order chi connectivity index (χ1) is 15.1. The molecule has 0 radical (unpaired) electrons. The van der Waals surface area contributed by atoms with Crippen LogP contribution < -0.4 is 5.32 Å². The fraction of sp³-hybridized carbons (Fsp3) is 0.520. The van der Waals surface area contributed by atoms with Gasteiger partial charge in [-0.05, 0) is 73.9 Å². The number of hydrogen-bond acceptors (Lipinski definition) is 5. The first kappa shape index (κ1) is 22.3. The summed E-state index contributed by atoms with van der Waals surface area (Å²) >= 11 is 3.56. The number of nitrogens with zero attached hydrogens (tertiary/aromatic N) is 2. The number of aryl methyl sites for hydroxylation is 2. The number of anilines is 1. The molecule has 0 aliphatic carbocycles. The van der Waals surface area contributed by atoms with E-state index in [-0.39, 0.29) is 11.9 Å². The van der Waals surface area contributed by atoms with Gasteiger partial charge in [-0.1, -0.05) is 34.1 Å². The number of carbonyl (C=O) groups excluding carboxylic acids is 1. The Labute approximate surface area is 193 Å². The Balaban J connectivity index is 1.32. The van der Waals surface area contributed by atoms with E-state index < -0.39 is 0 Å². The highest BCUT2D eigenvalue weighted by Gasteiger charge is 2.27. The zero-order valence-electron chi connectivity index (χ0n) is 18.3. The number of fused-ring (bicyclic) bond motifs is 1. The summed E-state index contributed by atoms with van der Waals surface area (Å²) in [7, 11) is 1.47. The van der Waals surface area contributed by atoms with Gasteiger partial charge in [0.2, 0.25) is 0 Å². The van der Waals surface area contributed by atoms with E-state index in [9.17, 15) is 4.79 Å². The average molecular weight is 486 g/mol. The van der Waals surface area contributed by atoms with Crippen LogP contribution in [0.4, 0.5) is 5.82 Å². The van der Waals surface area contributed by atoms with Gasteiger partial charge in [-0.3, -0.25) is 4.79 Å². The van der Waals surface area contributed by atoms with Gasteiger partial charge < -0.3 is 15.0 Å². The van der Waals surface area contributed by atoms with Gasteiger partial charge in [0.15, 0.2) is 0 Å². The summed E-state index contributed by atoms with van der Waals surface area (Å²) in [5, 5.41) is 3.44. The molecule has 0 bridgehead atoms. The second kappa shape index (κ2) is 10.6. The van der Waals surface area contributed by atoms with Gasteiger partial charge in [0.1, 0.15) is 5.82 Å². The Morgan fingerprint density at radius 1 is 1.35 bits per heavy atom.